The van der Waals surface area contributed by atoms with Crippen molar-refractivity contribution >= 4 is 44.0 Å². The van der Waals surface area contributed by atoms with Gasteiger partial charge in [-0.15, -0.1) is 0 Å². The van der Waals surface area contributed by atoms with Crippen LogP contribution in [0.2, 0.25) is 0 Å². The largest absolute Gasteiger partial charge is 0.487 e. The molecule has 0 saturated heterocycles. The average molecular weight is 304 g/mol. The van der Waals surface area contributed by atoms with Crippen molar-refractivity contribution in [3.63, 3.8) is 0 Å². The third kappa shape index (κ3) is 1.67. The fourth-order valence-corrected chi connectivity index (χ4v) is 3.32. The maximum absolute atomic E-state index is 5.21. The van der Waals surface area contributed by atoms with Crippen LogP contribution in [0, 0.1) is 10.5 Å². The molecule has 0 aliphatic heterocycles. The topological polar surface area (TPSA) is 9.23 Å². The Labute approximate surface area is 94.9 Å². The van der Waals surface area contributed by atoms with E-state index in [1.807, 2.05) is 0 Å². The molecule has 0 radical (unpaired) electrons. The Hall–Kier alpha value is -0.290. The molecular weight excluding hydrogens is 295 g/mol. The minimum atomic E-state index is 0.985. The number of halogens is 1. The summed E-state index contributed by atoms with van der Waals surface area (Å²) >= 11 is 4.07. The van der Waals surface area contributed by atoms with Crippen molar-refractivity contribution in [1.82, 2.24) is 0 Å². The molecule has 1 heterocycles. The molecule has 0 atom stereocenters. The van der Waals surface area contributed by atoms with E-state index < -0.39 is 0 Å². The molecule has 0 aliphatic rings. The lowest BCUT2D eigenvalue weighted by molar-refractivity contribution is 0.427. The van der Waals surface area contributed by atoms with Crippen LogP contribution < -0.4 is 4.74 Å². The van der Waals surface area contributed by atoms with Gasteiger partial charge in [-0.3, -0.25) is 0 Å². The fourth-order valence-electron chi connectivity index (χ4n) is 1.33. The summed E-state index contributed by atoms with van der Waals surface area (Å²) in [6, 6.07) is 6.48. The van der Waals surface area contributed by atoms with E-state index in [4.69, 9.17) is 4.74 Å². The highest BCUT2D eigenvalue weighted by molar-refractivity contribution is 14.1. The molecule has 0 unspecified atom stereocenters. The van der Waals surface area contributed by atoms with E-state index in [-0.39, 0.29) is 0 Å². The Morgan fingerprint density at radius 2 is 2.08 bits per heavy atom. The fraction of sp³-hybridized carbons (Fsp3) is 0.200. The van der Waals surface area contributed by atoms with Crippen LogP contribution in [0.25, 0.3) is 10.1 Å². The molecule has 0 spiro atoms. The number of fused-ring (bicyclic) bond motifs is 1. The Morgan fingerprint density at radius 1 is 1.31 bits per heavy atom. The molecule has 0 saturated carbocycles. The van der Waals surface area contributed by atoms with Gasteiger partial charge in [-0.2, -0.15) is 0 Å². The summed E-state index contributed by atoms with van der Waals surface area (Å²) in [4.78, 5) is 0. The zero-order chi connectivity index (χ0) is 9.42. The normalized spacial score (nSPS) is 10.7. The number of aryl methyl sites for hydroxylation is 1. The smallest absolute Gasteiger partial charge is 0.174 e. The highest BCUT2D eigenvalue weighted by Gasteiger charge is 2.05. The predicted molar refractivity (Wildman–Crippen MR) is 65.8 cm³/mol. The Morgan fingerprint density at radius 3 is 2.77 bits per heavy atom. The first-order chi connectivity index (χ1) is 6.20. The van der Waals surface area contributed by atoms with E-state index in [1.54, 1.807) is 18.4 Å². The zero-order valence-electron chi connectivity index (χ0n) is 7.43. The molecule has 68 valence electrons. The third-order valence-corrected chi connectivity index (χ3v) is 4.26. The van der Waals surface area contributed by atoms with Crippen LogP contribution in [-0.2, 0) is 0 Å². The molecular formula is C10H9IOS. The van der Waals surface area contributed by atoms with Gasteiger partial charge < -0.3 is 4.74 Å². The van der Waals surface area contributed by atoms with Crippen LogP contribution in [0.15, 0.2) is 18.2 Å². The lowest BCUT2D eigenvalue weighted by Gasteiger charge is -1.95. The van der Waals surface area contributed by atoms with Gasteiger partial charge in [-0.25, -0.2) is 0 Å². The number of ether oxygens (including phenoxy) is 1. The molecule has 2 rings (SSSR count). The van der Waals surface area contributed by atoms with E-state index in [1.165, 1.54) is 19.2 Å². The van der Waals surface area contributed by atoms with Gasteiger partial charge in [0.25, 0.3) is 0 Å². The molecule has 3 heteroatoms. The third-order valence-electron chi connectivity index (χ3n) is 1.89. The number of benzene rings is 1. The van der Waals surface area contributed by atoms with Crippen molar-refractivity contribution in [2.24, 2.45) is 0 Å². The predicted octanol–water partition coefficient (Wildman–Crippen LogP) is 3.82. The zero-order valence-corrected chi connectivity index (χ0v) is 10.4. The Bertz CT molecular complexity index is 447. The quantitative estimate of drug-likeness (QED) is 0.728. The van der Waals surface area contributed by atoms with Crippen molar-refractivity contribution in [2.75, 3.05) is 7.11 Å². The summed E-state index contributed by atoms with van der Waals surface area (Å²) in [5, 5.41) is 2.27. The molecule has 0 bridgehead atoms. The molecule has 1 aromatic heterocycles. The number of thiophene rings is 1. The monoisotopic (exact) mass is 304 g/mol. The molecule has 13 heavy (non-hydrogen) atoms. The number of methoxy groups -OCH3 is 1. The molecule has 0 amide bonds. The average Bonchev–Trinajstić information content (AvgIpc) is 2.47. The molecule has 0 fully saturated rings. The van der Waals surface area contributed by atoms with Crippen LogP contribution in [0.3, 0.4) is 0 Å². The van der Waals surface area contributed by atoms with Gasteiger partial charge in [-0.05, 0) is 52.6 Å². The SMILES string of the molecule is COc1cc2cc(C)cc(I)c2s1. The lowest BCUT2D eigenvalue weighted by atomic mass is 10.2. The van der Waals surface area contributed by atoms with E-state index >= 15 is 0 Å². The molecule has 2 aromatic rings. The minimum absolute atomic E-state index is 0.985. The van der Waals surface area contributed by atoms with Crippen molar-refractivity contribution in [2.45, 2.75) is 6.92 Å². The summed E-state index contributed by atoms with van der Waals surface area (Å²) in [5.41, 5.74) is 1.30. The van der Waals surface area contributed by atoms with Gasteiger partial charge in [0, 0.05) is 3.57 Å². The summed E-state index contributed by atoms with van der Waals surface area (Å²) in [7, 11) is 1.71. The van der Waals surface area contributed by atoms with Gasteiger partial charge in [0.15, 0.2) is 5.06 Å². The maximum Gasteiger partial charge on any atom is 0.174 e. The van der Waals surface area contributed by atoms with E-state index in [0.717, 1.165) is 5.06 Å². The van der Waals surface area contributed by atoms with Crippen molar-refractivity contribution < 1.29 is 4.74 Å². The summed E-state index contributed by atoms with van der Waals surface area (Å²) in [5.74, 6) is 0. The second kappa shape index (κ2) is 3.46. The van der Waals surface area contributed by atoms with Gasteiger partial charge in [0.1, 0.15) is 0 Å². The first-order valence-corrected chi connectivity index (χ1v) is 5.84. The Balaban J connectivity index is 2.75. The molecule has 1 nitrogen and oxygen atoms in total. The lowest BCUT2D eigenvalue weighted by Crippen LogP contribution is -1.74. The van der Waals surface area contributed by atoms with E-state index in [0.29, 0.717) is 0 Å². The van der Waals surface area contributed by atoms with Gasteiger partial charge in [0.2, 0.25) is 0 Å². The first kappa shape index (κ1) is 9.27. The Kier molecular flexibility index (Phi) is 2.47. The molecule has 0 N–H and O–H groups in total. The van der Waals surface area contributed by atoms with Crippen LogP contribution >= 0.6 is 33.9 Å². The second-order valence-corrected chi connectivity index (χ2v) is 5.11. The number of hydrogen-bond acceptors (Lipinski definition) is 2. The van der Waals surface area contributed by atoms with Crippen molar-refractivity contribution in [1.29, 1.82) is 0 Å². The number of hydrogen-bond donors (Lipinski definition) is 0. The van der Waals surface area contributed by atoms with Crippen LogP contribution in [0.1, 0.15) is 5.56 Å². The second-order valence-electron chi connectivity index (χ2n) is 2.93. The van der Waals surface area contributed by atoms with E-state index in [2.05, 4.69) is 47.7 Å². The summed E-state index contributed by atoms with van der Waals surface area (Å²) in [6.45, 7) is 2.12. The highest BCUT2D eigenvalue weighted by atomic mass is 127. The van der Waals surface area contributed by atoms with Crippen molar-refractivity contribution in [3.8, 4) is 5.06 Å². The van der Waals surface area contributed by atoms with Gasteiger partial charge >= 0.3 is 0 Å². The van der Waals surface area contributed by atoms with Crippen LogP contribution in [-0.4, -0.2) is 7.11 Å². The molecule has 0 aliphatic carbocycles. The standard InChI is InChI=1S/C10H9IOS/c1-6-3-7-5-9(12-2)13-10(7)8(11)4-6/h3-5H,1-2H3. The minimum Gasteiger partial charge on any atom is -0.487 e. The first-order valence-electron chi connectivity index (χ1n) is 3.94. The van der Waals surface area contributed by atoms with Gasteiger partial charge in [0.05, 0.1) is 11.8 Å². The number of rotatable bonds is 1. The summed E-state index contributed by atoms with van der Waals surface area (Å²) < 4.78 is 7.84. The summed E-state index contributed by atoms with van der Waals surface area (Å²) in [6.07, 6.45) is 0. The van der Waals surface area contributed by atoms with Crippen LogP contribution in [0.4, 0.5) is 0 Å². The molecule has 1 aromatic carbocycles. The maximum atomic E-state index is 5.21. The van der Waals surface area contributed by atoms with Crippen molar-refractivity contribution in [3.05, 3.63) is 27.3 Å². The van der Waals surface area contributed by atoms with E-state index in [9.17, 15) is 0 Å². The highest BCUT2D eigenvalue weighted by Crippen LogP contribution is 2.35. The van der Waals surface area contributed by atoms with Crippen LogP contribution in [0.5, 0.6) is 5.06 Å². The van der Waals surface area contributed by atoms with Gasteiger partial charge in [-0.1, -0.05) is 17.4 Å².